The number of nitrogens with zero attached hydrogens (tertiary/aromatic N) is 2. The number of aromatic amines is 1. The van der Waals surface area contributed by atoms with Crippen LogP contribution in [-0.4, -0.2) is 27.8 Å². The molecule has 0 saturated carbocycles. The number of hydrogen-bond donors (Lipinski definition) is 1. The summed E-state index contributed by atoms with van der Waals surface area (Å²) in [6.45, 7) is 2.17. The maximum Gasteiger partial charge on any atom is 0.306 e. The van der Waals surface area contributed by atoms with Gasteiger partial charge in [0.05, 0.1) is 13.0 Å². The highest BCUT2D eigenvalue weighted by atomic mass is 35.5. The number of rotatable bonds is 5. The lowest BCUT2D eigenvalue weighted by molar-refractivity contribution is -0.143. The number of carbonyl (C=O) groups excluding carboxylic acids is 1. The molecule has 0 bridgehead atoms. The number of aromatic nitrogens is 3. The molecule has 0 saturated heterocycles. The van der Waals surface area contributed by atoms with Crippen molar-refractivity contribution in [3.63, 3.8) is 0 Å². The van der Waals surface area contributed by atoms with Gasteiger partial charge in [0, 0.05) is 17.0 Å². The normalized spacial score (nSPS) is 10.4. The van der Waals surface area contributed by atoms with E-state index >= 15 is 0 Å². The van der Waals surface area contributed by atoms with Gasteiger partial charge in [-0.15, -0.1) is 0 Å². The number of esters is 1. The number of nitrogens with one attached hydrogen (secondary N) is 1. The Labute approximate surface area is 116 Å². The summed E-state index contributed by atoms with van der Waals surface area (Å²) >= 11 is 5.91. The van der Waals surface area contributed by atoms with Crippen molar-refractivity contribution in [1.82, 2.24) is 15.2 Å². The van der Waals surface area contributed by atoms with E-state index in [1.54, 1.807) is 19.1 Å². The molecule has 6 heteroatoms. The number of carbonyl (C=O) groups is 1. The number of halogens is 1. The predicted molar refractivity (Wildman–Crippen MR) is 71.8 cm³/mol. The van der Waals surface area contributed by atoms with Crippen molar-refractivity contribution in [2.75, 3.05) is 6.61 Å². The van der Waals surface area contributed by atoms with E-state index in [9.17, 15) is 4.79 Å². The SMILES string of the molecule is CCOC(=O)CCc1nc(-c2cccc(Cl)c2)n[nH]1. The van der Waals surface area contributed by atoms with E-state index in [2.05, 4.69) is 15.2 Å². The molecule has 2 aromatic rings. The molecule has 0 aliphatic heterocycles. The van der Waals surface area contributed by atoms with Gasteiger partial charge in [-0.25, -0.2) is 4.98 Å². The molecule has 0 spiro atoms. The van der Waals surface area contributed by atoms with Crippen LogP contribution in [0.15, 0.2) is 24.3 Å². The number of ether oxygens (including phenoxy) is 1. The zero-order valence-corrected chi connectivity index (χ0v) is 11.3. The van der Waals surface area contributed by atoms with Gasteiger partial charge in [0.2, 0.25) is 0 Å². The fourth-order valence-corrected chi connectivity index (χ4v) is 1.81. The van der Waals surface area contributed by atoms with Gasteiger partial charge in [-0.05, 0) is 19.1 Å². The number of benzene rings is 1. The molecule has 5 nitrogen and oxygen atoms in total. The topological polar surface area (TPSA) is 67.9 Å². The average molecular weight is 280 g/mol. The molecule has 1 heterocycles. The average Bonchev–Trinajstić information content (AvgIpc) is 2.85. The minimum absolute atomic E-state index is 0.233. The van der Waals surface area contributed by atoms with Crippen molar-refractivity contribution in [2.24, 2.45) is 0 Å². The zero-order valence-electron chi connectivity index (χ0n) is 10.5. The third-order valence-electron chi connectivity index (χ3n) is 2.49. The molecule has 0 aliphatic carbocycles. The summed E-state index contributed by atoms with van der Waals surface area (Å²) in [5.41, 5.74) is 0.839. The summed E-state index contributed by atoms with van der Waals surface area (Å²) in [7, 11) is 0. The highest BCUT2D eigenvalue weighted by Gasteiger charge is 2.08. The molecule has 2 rings (SSSR count). The van der Waals surface area contributed by atoms with Crippen molar-refractivity contribution in [3.8, 4) is 11.4 Å². The van der Waals surface area contributed by atoms with Crippen LogP contribution in [-0.2, 0) is 16.0 Å². The Balaban J connectivity index is 2.01. The van der Waals surface area contributed by atoms with Crippen LogP contribution in [0, 0.1) is 0 Å². The molecule has 1 aromatic heterocycles. The van der Waals surface area contributed by atoms with Gasteiger partial charge in [-0.3, -0.25) is 9.89 Å². The lowest BCUT2D eigenvalue weighted by atomic mass is 10.2. The van der Waals surface area contributed by atoms with Gasteiger partial charge in [-0.2, -0.15) is 5.10 Å². The van der Waals surface area contributed by atoms with Gasteiger partial charge < -0.3 is 4.74 Å². The van der Waals surface area contributed by atoms with E-state index < -0.39 is 0 Å². The molecule has 0 atom stereocenters. The lowest BCUT2D eigenvalue weighted by Crippen LogP contribution is -2.05. The van der Waals surface area contributed by atoms with Crippen molar-refractivity contribution >= 4 is 17.6 Å². The van der Waals surface area contributed by atoms with Crippen molar-refractivity contribution in [1.29, 1.82) is 0 Å². The van der Waals surface area contributed by atoms with E-state index in [1.165, 1.54) is 0 Å². The summed E-state index contributed by atoms with van der Waals surface area (Å²) in [6, 6.07) is 7.30. The van der Waals surface area contributed by atoms with Gasteiger partial charge in [0.15, 0.2) is 5.82 Å². The number of H-pyrrole nitrogens is 1. The Kier molecular flexibility index (Phi) is 4.52. The molecule has 19 heavy (non-hydrogen) atoms. The maximum atomic E-state index is 11.2. The van der Waals surface area contributed by atoms with E-state index in [0.717, 1.165) is 5.56 Å². The first-order valence-electron chi connectivity index (χ1n) is 6.02. The van der Waals surface area contributed by atoms with Crippen molar-refractivity contribution in [3.05, 3.63) is 35.1 Å². The highest BCUT2D eigenvalue weighted by molar-refractivity contribution is 6.30. The van der Waals surface area contributed by atoms with Crippen molar-refractivity contribution < 1.29 is 9.53 Å². The fraction of sp³-hybridized carbons (Fsp3) is 0.308. The molecular weight excluding hydrogens is 266 g/mol. The Bertz CT molecular complexity index is 569. The first-order chi connectivity index (χ1) is 9.19. The van der Waals surface area contributed by atoms with E-state index in [0.29, 0.717) is 29.7 Å². The van der Waals surface area contributed by atoms with E-state index in [-0.39, 0.29) is 12.4 Å². The van der Waals surface area contributed by atoms with Gasteiger partial charge in [-0.1, -0.05) is 23.7 Å². The molecule has 0 unspecified atom stereocenters. The third-order valence-corrected chi connectivity index (χ3v) is 2.72. The van der Waals surface area contributed by atoms with Gasteiger partial charge in [0.1, 0.15) is 5.82 Å². The van der Waals surface area contributed by atoms with Crippen LogP contribution < -0.4 is 0 Å². The molecule has 0 radical (unpaired) electrons. The Morgan fingerprint density at radius 3 is 3.05 bits per heavy atom. The largest absolute Gasteiger partial charge is 0.466 e. The Morgan fingerprint density at radius 2 is 2.32 bits per heavy atom. The van der Waals surface area contributed by atoms with Crippen LogP contribution in [0.25, 0.3) is 11.4 Å². The number of hydrogen-bond acceptors (Lipinski definition) is 4. The molecule has 1 aromatic carbocycles. The number of aryl methyl sites for hydroxylation is 1. The zero-order chi connectivity index (χ0) is 13.7. The van der Waals surface area contributed by atoms with Crippen LogP contribution in [0.5, 0.6) is 0 Å². The summed E-state index contributed by atoms with van der Waals surface area (Å²) in [6.07, 6.45) is 0.768. The standard InChI is InChI=1S/C13H14ClN3O2/c1-2-19-12(18)7-6-11-15-13(17-16-11)9-4-3-5-10(14)8-9/h3-5,8H,2,6-7H2,1H3,(H,15,16,17). The Morgan fingerprint density at radius 1 is 1.47 bits per heavy atom. The van der Waals surface area contributed by atoms with Crippen LogP contribution in [0.1, 0.15) is 19.2 Å². The molecule has 0 aliphatic rings. The van der Waals surface area contributed by atoms with Crippen LogP contribution in [0.4, 0.5) is 0 Å². The minimum Gasteiger partial charge on any atom is -0.466 e. The second-order valence-corrected chi connectivity index (χ2v) is 4.36. The first kappa shape index (κ1) is 13.5. The molecule has 100 valence electrons. The quantitative estimate of drug-likeness (QED) is 0.854. The molecular formula is C13H14ClN3O2. The third kappa shape index (κ3) is 3.79. The fourth-order valence-electron chi connectivity index (χ4n) is 1.62. The van der Waals surface area contributed by atoms with E-state index in [4.69, 9.17) is 16.3 Å². The minimum atomic E-state index is -0.233. The molecule has 0 amide bonds. The summed E-state index contributed by atoms with van der Waals surface area (Å²) in [4.78, 5) is 15.6. The summed E-state index contributed by atoms with van der Waals surface area (Å²) < 4.78 is 4.85. The summed E-state index contributed by atoms with van der Waals surface area (Å²) in [5, 5.41) is 7.55. The predicted octanol–water partition coefficient (Wildman–Crippen LogP) is 2.62. The van der Waals surface area contributed by atoms with Gasteiger partial charge >= 0.3 is 5.97 Å². The van der Waals surface area contributed by atoms with Gasteiger partial charge in [0.25, 0.3) is 0 Å². The Hall–Kier alpha value is -1.88. The van der Waals surface area contributed by atoms with Crippen LogP contribution in [0.2, 0.25) is 5.02 Å². The lowest BCUT2D eigenvalue weighted by Gasteiger charge is -1.98. The van der Waals surface area contributed by atoms with E-state index in [1.807, 2.05) is 12.1 Å². The summed E-state index contributed by atoms with van der Waals surface area (Å²) in [5.74, 6) is 0.993. The van der Waals surface area contributed by atoms with Crippen LogP contribution in [0.3, 0.4) is 0 Å². The smallest absolute Gasteiger partial charge is 0.306 e. The second-order valence-electron chi connectivity index (χ2n) is 3.92. The molecule has 0 fully saturated rings. The second kappa shape index (κ2) is 6.33. The molecule has 1 N–H and O–H groups in total. The maximum absolute atomic E-state index is 11.2. The first-order valence-corrected chi connectivity index (χ1v) is 6.39. The van der Waals surface area contributed by atoms with Crippen molar-refractivity contribution in [2.45, 2.75) is 19.8 Å². The van der Waals surface area contributed by atoms with Crippen LogP contribution >= 0.6 is 11.6 Å². The highest BCUT2D eigenvalue weighted by Crippen LogP contribution is 2.19. The monoisotopic (exact) mass is 279 g/mol.